The summed E-state index contributed by atoms with van der Waals surface area (Å²) in [7, 11) is 2.08. The van der Waals surface area contributed by atoms with Gasteiger partial charge >= 0.3 is 0 Å². The van der Waals surface area contributed by atoms with E-state index in [1.807, 2.05) is 0 Å². The summed E-state index contributed by atoms with van der Waals surface area (Å²) >= 11 is 0. The van der Waals surface area contributed by atoms with Gasteiger partial charge in [0.1, 0.15) is 0 Å². The first-order chi connectivity index (χ1) is 7.66. The van der Waals surface area contributed by atoms with E-state index in [1.165, 1.54) is 5.57 Å². The van der Waals surface area contributed by atoms with Gasteiger partial charge in [-0.05, 0) is 31.2 Å². The monoisotopic (exact) mass is 217 g/mol. The van der Waals surface area contributed by atoms with Crippen molar-refractivity contribution in [3.63, 3.8) is 0 Å². The molecule has 0 aliphatic carbocycles. The third-order valence-electron chi connectivity index (χ3n) is 2.79. The fourth-order valence-electron chi connectivity index (χ4n) is 1.76. The van der Waals surface area contributed by atoms with Gasteiger partial charge < -0.3 is 10.6 Å². The second-order valence-electron chi connectivity index (χ2n) is 4.04. The van der Waals surface area contributed by atoms with Gasteiger partial charge in [0.2, 0.25) is 5.91 Å². The van der Waals surface area contributed by atoms with Crippen molar-refractivity contribution < 1.29 is 4.79 Å². The first kappa shape index (κ1) is 10.8. The fourth-order valence-corrected chi connectivity index (χ4v) is 1.76. The van der Waals surface area contributed by atoms with Crippen LogP contribution in [0.4, 0.5) is 0 Å². The summed E-state index contributed by atoms with van der Waals surface area (Å²) in [6.45, 7) is 1.95. The molecule has 0 fully saturated rings. The molecule has 2 heterocycles. The Morgan fingerprint density at radius 3 is 3.00 bits per heavy atom. The molecule has 0 bridgehead atoms. The maximum absolute atomic E-state index is 11.1. The van der Waals surface area contributed by atoms with Crippen LogP contribution in [0.5, 0.6) is 0 Å². The number of carbonyl (C=O) groups is 1. The van der Waals surface area contributed by atoms with Crippen LogP contribution in [0.25, 0.3) is 5.57 Å². The minimum atomic E-state index is -0.405. The maximum Gasteiger partial charge on any atom is 0.248 e. The zero-order chi connectivity index (χ0) is 11.5. The smallest absolute Gasteiger partial charge is 0.248 e. The third kappa shape index (κ3) is 2.28. The molecule has 0 spiro atoms. The lowest BCUT2D eigenvalue weighted by Crippen LogP contribution is -2.24. The maximum atomic E-state index is 11.1. The zero-order valence-electron chi connectivity index (χ0n) is 9.31. The molecule has 2 rings (SSSR count). The largest absolute Gasteiger partial charge is 0.366 e. The first-order valence-corrected chi connectivity index (χ1v) is 5.30. The van der Waals surface area contributed by atoms with Crippen molar-refractivity contribution in [2.45, 2.75) is 6.42 Å². The van der Waals surface area contributed by atoms with Gasteiger partial charge in [0.05, 0.1) is 5.69 Å². The molecular formula is C12H15N3O. The predicted molar refractivity (Wildman–Crippen MR) is 62.8 cm³/mol. The van der Waals surface area contributed by atoms with Gasteiger partial charge in [0.15, 0.2) is 0 Å². The molecule has 1 aliphatic heterocycles. The molecule has 2 N–H and O–H groups in total. The van der Waals surface area contributed by atoms with Gasteiger partial charge in [0.25, 0.3) is 0 Å². The summed E-state index contributed by atoms with van der Waals surface area (Å²) < 4.78 is 0. The lowest BCUT2D eigenvalue weighted by atomic mass is 10.0. The predicted octanol–water partition coefficient (Wildman–Crippen LogP) is 0.899. The van der Waals surface area contributed by atoms with E-state index >= 15 is 0 Å². The number of carbonyl (C=O) groups excluding carboxylic acids is 1. The summed E-state index contributed by atoms with van der Waals surface area (Å²) in [6, 6.07) is 3.40. The normalized spacial score (nSPS) is 16.9. The molecule has 0 saturated heterocycles. The quantitative estimate of drug-likeness (QED) is 0.800. The molecule has 0 atom stereocenters. The van der Waals surface area contributed by atoms with Crippen LogP contribution in [0.1, 0.15) is 22.5 Å². The van der Waals surface area contributed by atoms with E-state index in [0.717, 1.165) is 25.2 Å². The summed E-state index contributed by atoms with van der Waals surface area (Å²) in [5, 5.41) is 0. The van der Waals surface area contributed by atoms with Crippen LogP contribution in [0, 0.1) is 0 Å². The fraction of sp³-hybridized carbons (Fsp3) is 0.333. The highest BCUT2D eigenvalue weighted by atomic mass is 16.1. The van der Waals surface area contributed by atoms with Gasteiger partial charge in [-0.1, -0.05) is 6.08 Å². The minimum Gasteiger partial charge on any atom is -0.366 e. The van der Waals surface area contributed by atoms with E-state index in [1.54, 1.807) is 18.3 Å². The number of likely N-dealkylation sites (N-methyl/N-ethyl adjacent to an activating group) is 1. The molecule has 1 aromatic rings. The summed E-state index contributed by atoms with van der Waals surface area (Å²) in [6.07, 6.45) is 4.75. The number of hydrogen-bond acceptors (Lipinski definition) is 3. The van der Waals surface area contributed by atoms with Gasteiger partial charge in [0, 0.05) is 24.8 Å². The number of pyridine rings is 1. The van der Waals surface area contributed by atoms with E-state index in [2.05, 4.69) is 23.0 Å². The zero-order valence-corrected chi connectivity index (χ0v) is 9.31. The number of hydrogen-bond donors (Lipinski definition) is 1. The Bertz CT molecular complexity index is 440. The van der Waals surface area contributed by atoms with Crippen molar-refractivity contribution >= 4 is 11.5 Å². The molecule has 1 amide bonds. The highest BCUT2D eigenvalue weighted by Gasteiger charge is 2.11. The molecule has 1 aromatic heterocycles. The second-order valence-corrected chi connectivity index (χ2v) is 4.04. The Labute approximate surface area is 94.8 Å². The minimum absolute atomic E-state index is 0.405. The van der Waals surface area contributed by atoms with E-state index in [9.17, 15) is 4.79 Å². The average Bonchev–Trinajstić information content (AvgIpc) is 2.30. The second kappa shape index (κ2) is 4.45. The van der Waals surface area contributed by atoms with Gasteiger partial charge in [-0.15, -0.1) is 0 Å². The molecule has 4 nitrogen and oxygen atoms in total. The molecule has 1 aliphatic rings. The third-order valence-corrected chi connectivity index (χ3v) is 2.79. The summed E-state index contributed by atoms with van der Waals surface area (Å²) in [5.74, 6) is -0.405. The van der Waals surface area contributed by atoms with Crippen molar-refractivity contribution in [3.05, 3.63) is 35.7 Å². The number of nitrogens with two attached hydrogens (primary N) is 1. The Morgan fingerprint density at radius 1 is 1.56 bits per heavy atom. The first-order valence-electron chi connectivity index (χ1n) is 5.30. The molecule has 84 valence electrons. The van der Waals surface area contributed by atoms with Crippen LogP contribution < -0.4 is 5.73 Å². The molecule has 4 heteroatoms. The van der Waals surface area contributed by atoms with Crippen molar-refractivity contribution in [2.75, 3.05) is 20.1 Å². The van der Waals surface area contributed by atoms with Crippen molar-refractivity contribution in [2.24, 2.45) is 5.73 Å². The lowest BCUT2D eigenvalue weighted by Gasteiger charge is -2.21. The summed E-state index contributed by atoms with van der Waals surface area (Å²) in [5.41, 5.74) is 7.82. The van der Waals surface area contributed by atoms with Crippen LogP contribution in [0.15, 0.2) is 24.4 Å². The Hall–Kier alpha value is -1.68. The molecule has 16 heavy (non-hydrogen) atoms. The molecule has 0 radical (unpaired) electrons. The van der Waals surface area contributed by atoms with Gasteiger partial charge in [-0.3, -0.25) is 9.78 Å². The van der Waals surface area contributed by atoms with Gasteiger partial charge in [-0.2, -0.15) is 0 Å². The Balaban J connectivity index is 2.27. The number of nitrogens with zero attached hydrogens (tertiary/aromatic N) is 2. The summed E-state index contributed by atoms with van der Waals surface area (Å²) in [4.78, 5) is 17.6. The molecule has 0 saturated carbocycles. The molecular weight excluding hydrogens is 202 g/mol. The molecule has 0 unspecified atom stereocenters. The van der Waals surface area contributed by atoms with Crippen molar-refractivity contribution in [3.8, 4) is 0 Å². The van der Waals surface area contributed by atoms with Crippen LogP contribution in [-0.2, 0) is 0 Å². The SMILES string of the molecule is CN1CC=C(c2cc(C(N)=O)ccn2)CC1. The van der Waals surface area contributed by atoms with E-state index in [-0.39, 0.29) is 0 Å². The highest BCUT2D eigenvalue weighted by molar-refractivity contribution is 5.93. The molecule has 0 aromatic carbocycles. The van der Waals surface area contributed by atoms with Gasteiger partial charge in [-0.25, -0.2) is 0 Å². The topological polar surface area (TPSA) is 59.2 Å². The van der Waals surface area contributed by atoms with Crippen LogP contribution >= 0.6 is 0 Å². The standard InChI is InChI=1S/C12H15N3O/c1-15-6-3-9(4-7-15)11-8-10(12(13)16)2-5-14-11/h2-3,5,8H,4,6-7H2,1H3,(H2,13,16). The Kier molecular flexibility index (Phi) is 3.01. The number of amides is 1. The number of aromatic nitrogens is 1. The van der Waals surface area contributed by atoms with E-state index in [0.29, 0.717) is 5.56 Å². The van der Waals surface area contributed by atoms with Crippen LogP contribution in [0.2, 0.25) is 0 Å². The lowest BCUT2D eigenvalue weighted by molar-refractivity contribution is 0.1000. The van der Waals surface area contributed by atoms with Crippen molar-refractivity contribution in [1.29, 1.82) is 0 Å². The Morgan fingerprint density at radius 2 is 2.38 bits per heavy atom. The van der Waals surface area contributed by atoms with Crippen LogP contribution in [0.3, 0.4) is 0 Å². The average molecular weight is 217 g/mol. The number of rotatable bonds is 2. The van der Waals surface area contributed by atoms with Crippen molar-refractivity contribution in [1.82, 2.24) is 9.88 Å². The van der Waals surface area contributed by atoms with E-state index < -0.39 is 5.91 Å². The van der Waals surface area contributed by atoms with Crippen LogP contribution in [-0.4, -0.2) is 35.9 Å². The highest BCUT2D eigenvalue weighted by Crippen LogP contribution is 2.20. The van der Waals surface area contributed by atoms with E-state index in [4.69, 9.17) is 5.73 Å². The number of primary amides is 1.